The molecule has 8 nitrogen and oxygen atoms in total. The topological polar surface area (TPSA) is 95.3 Å². The Bertz CT molecular complexity index is 1660. The number of anilines is 1. The molecular weight excluding hydrogens is 546 g/mol. The van der Waals surface area contributed by atoms with Crippen LogP contribution in [0, 0.1) is 0 Å². The summed E-state index contributed by atoms with van der Waals surface area (Å²) < 4.78 is 23.1. The van der Waals surface area contributed by atoms with Gasteiger partial charge in [0.25, 0.3) is 5.91 Å². The van der Waals surface area contributed by atoms with E-state index in [2.05, 4.69) is 6.92 Å². The largest absolute Gasteiger partial charge is 0.493 e. The Labute approximate surface area is 251 Å². The molecule has 1 aliphatic heterocycles. The van der Waals surface area contributed by atoms with E-state index >= 15 is 0 Å². The third kappa shape index (κ3) is 6.14. The van der Waals surface area contributed by atoms with Crippen molar-refractivity contribution in [3.8, 4) is 11.5 Å². The fourth-order valence-corrected chi connectivity index (χ4v) is 5.34. The van der Waals surface area contributed by atoms with E-state index in [9.17, 15) is 14.4 Å². The maximum Gasteiger partial charge on any atom is 0.338 e. The number of unbranched alkanes of at least 4 members (excludes halogenated alkanes) is 4. The van der Waals surface area contributed by atoms with Gasteiger partial charge in [0, 0.05) is 5.69 Å². The van der Waals surface area contributed by atoms with Crippen LogP contribution in [0.15, 0.2) is 75.9 Å². The summed E-state index contributed by atoms with van der Waals surface area (Å²) in [5.41, 5.74) is 1.86. The molecule has 0 fully saturated rings. The average molecular weight is 584 g/mol. The molecule has 4 aromatic rings. The molecule has 8 heteroatoms. The second-order valence-electron chi connectivity index (χ2n) is 10.6. The molecular formula is C35H37NO7. The maximum atomic E-state index is 14.0. The van der Waals surface area contributed by atoms with Gasteiger partial charge < -0.3 is 18.6 Å². The molecule has 224 valence electrons. The van der Waals surface area contributed by atoms with Crippen molar-refractivity contribution < 1.29 is 28.2 Å². The van der Waals surface area contributed by atoms with Gasteiger partial charge >= 0.3 is 5.97 Å². The van der Waals surface area contributed by atoms with Crippen molar-refractivity contribution >= 4 is 28.5 Å². The standard InChI is InChI=1S/C35H37NO7/c1-4-6-8-11-21-41-28-19-16-24(22-29(28)40-3)31-30-32(37)26-12-9-10-13-27(26)43-33(30)34(38)36(31)25-17-14-23(15-18-25)35(39)42-20-7-5-2/h9-10,12-19,22,31H,4-8,11,20-21H2,1-3H3. The van der Waals surface area contributed by atoms with Crippen LogP contribution in [-0.2, 0) is 4.74 Å². The molecule has 0 radical (unpaired) electrons. The van der Waals surface area contributed by atoms with Crippen molar-refractivity contribution in [2.75, 3.05) is 25.2 Å². The number of carbonyl (C=O) groups is 2. The third-order valence-electron chi connectivity index (χ3n) is 7.65. The monoisotopic (exact) mass is 583 g/mol. The Balaban J connectivity index is 1.55. The van der Waals surface area contributed by atoms with Crippen LogP contribution in [0.5, 0.6) is 11.5 Å². The molecule has 0 bridgehead atoms. The van der Waals surface area contributed by atoms with Gasteiger partial charge in [-0.05, 0) is 66.9 Å². The number of carbonyl (C=O) groups excluding carboxylic acids is 2. The van der Waals surface area contributed by atoms with Crippen LogP contribution in [0.2, 0.25) is 0 Å². The van der Waals surface area contributed by atoms with Crippen LogP contribution in [0.4, 0.5) is 5.69 Å². The van der Waals surface area contributed by atoms with E-state index in [-0.39, 0.29) is 16.8 Å². The molecule has 0 N–H and O–H groups in total. The molecule has 1 aromatic heterocycles. The predicted octanol–water partition coefficient (Wildman–Crippen LogP) is 7.47. The van der Waals surface area contributed by atoms with Gasteiger partial charge in [-0.15, -0.1) is 0 Å². The van der Waals surface area contributed by atoms with Gasteiger partial charge in [-0.25, -0.2) is 4.79 Å². The number of rotatable bonds is 13. The zero-order valence-corrected chi connectivity index (χ0v) is 24.9. The number of fused-ring (bicyclic) bond motifs is 2. The van der Waals surface area contributed by atoms with Crippen molar-refractivity contribution in [3.05, 3.63) is 99.4 Å². The van der Waals surface area contributed by atoms with Crippen molar-refractivity contribution in [3.63, 3.8) is 0 Å². The summed E-state index contributed by atoms with van der Waals surface area (Å²) >= 11 is 0. The first kappa shape index (κ1) is 29.9. The summed E-state index contributed by atoms with van der Waals surface area (Å²) in [5.74, 6) is 0.216. The van der Waals surface area contributed by atoms with E-state index in [1.165, 1.54) is 4.90 Å². The number of nitrogens with zero attached hydrogens (tertiary/aromatic N) is 1. The fourth-order valence-electron chi connectivity index (χ4n) is 5.34. The van der Waals surface area contributed by atoms with E-state index in [0.717, 1.165) is 38.5 Å². The van der Waals surface area contributed by atoms with Crippen molar-refractivity contribution in [2.24, 2.45) is 0 Å². The van der Waals surface area contributed by atoms with Crippen LogP contribution in [0.25, 0.3) is 11.0 Å². The van der Waals surface area contributed by atoms with Gasteiger partial charge in [0.05, 0.1) is 42.9 Å². The van der Waals surface area contributed by atoms with Crippen LogP contribution >= 0.6 is 0 Å². The molecule has 0 aliphatic carbocycles. The van der Waals surface area contributed by atoms with E-state index in [4.69, 9.17) is 18.6 Å². The molecule has 1 atom stereocenters. The lowest BCUT2D eigenvalue weighted by Crippen LogP contribution is -2.29. The number of hydrogen-bond acceptors (Lipinski definition) is 7. The average Bonchev–Trinajstić information content (AvgIpc) is 3.33. The first-order chi connectivity index (χ1) is 21.0. The van der Waals surface area contributed by atoms with E-state index < -0.39 is 17.9 Å². The molecule has 3 aromatic carbocycles. The van der Waals surface area contributed by atoms with Crippen LogP contribution in [0.1, 0.15) is 90.5 Å². The first-order valence-electron chi connectivity index (χ1n) is 15.0. The minimum Gasteiger partial charge on any atom is -0.493 e. The smallest absolute Gasteiger partial charge is 0.338 e. The van der Waals surface area contributed by atoms with Crippen molar-refractivity contribution in [1.29, 1.82) is 0 Å². The van der Waals surface area contributed by atoms with Gasteiger partial charge in [0.15, 0.2) is 16.9 Å². The lowest BCUT2D eigenvalue weighted by atomic mass is 9.97. The van der Waals surface area contributed by atoms with Crippen LogP contribution in [-0.4, -0.2) is 32.2 Å². The number of methoxy groups -OCH3 is 1. The number of benzene rings is 3. The van der Waals surface area contributed by atoms with Crippen molar-refractivity contribution in [2.45, 2.75) is 58.4 Å². The quantitative estimate of drug-likeness (QED) is 0.119. The molecule has 2 heterocycles. The summed E-state index contributed by atoms with van der Waals surface area (Å²) in [4.78, 5) is 41.9. The van der Waals surface area contributed by atoms with Crippen molar-refractivity contribution in [1.82, 2.24) is 0 Å². The lowest BCUT2D eigenvalue weighted by Gasteiger charge is -2.26. The number of hydrogen-bond donors (Lipinski definition) is 0. The maximum absolute atomic E-state index is 14.0. The summed E-state index contributed by atoms with van der Waals surface area (Å²) in [7, 11) is 1.56. The Morgan fingerprint density at radius 2 is 1.63 bits per heavy atom. The Morgan fingerprint density at radius 1 is 0.860 bits per heavy atom. The van der Waals surface area contributed by atoms with Crippen LogP contribution < -0.4 is 19.8 Å². The minimum atomic E-state index is -0.793. The molecule has 1 aliphatic rings. The first-order valence-corrected chi connectivity index (χ1v) is 15.0. The van der Waals surface area contributed by atoms with Crippen LogP contribution in [0.3, 0.4) is 0 Å². The second-order valence-corrected chi connectivity index (χ2v) is 10.6. The molecule has 5 rings (SSSR count). The highest BCUT2D eigenvalue weighted by atomic mass is 16.5. The molecule has 43 heavy (non-hydrogen) atoms. The SMILES string of the molecule is CCCCCCOc1ccc(C2c3c(oc4ccccc4c3=O)C(=O)N2c2ccc(C(=O)OCCCC)cc2)cc1OC. The van der Waals surface area contributed by atoms with E-state index in [0.29, 0.717) is 52.5 Å². The minimum absolute atomic E-state index is 0.00744. The molecule has 1 amide bonds. The van der Waals surface area contributed by atoms with Gasteiger partial charge in [0.1, 0.15) is 5.58 Å². The van der Waals surface area contributed by atoms with Gasteiger partial charge in [-0.2, -0.15) is 0 Å². The Kier molecular flexibility index (Phi) is 9.45. The highest BCUT2D eigenvalue weighted by Gasteiger charge is 2.44. The van der Waals surface area contributed by atoms with Gasteiger partial charge in [-0.3, -0.25) is 14.5 Å². The van der Waals surface area contributed by atoms with Gasteiger partial charge in [-0.1, -0.05) is 57.7 Å². The second kappa shape index (κ2) is 13.6. The molecule has 0 spiro atoms. The summed E-state index contributed by atoms with van der Waals surface area (Å²) in [6.07, 6.45) is 6.03. The lowest BCUT2D eigenvalue weighted by molar-refractivity contribution is 0.0499. The summed E-state index contributed by atoms with van der Waals surface area (Å²) in [6.45, 7) is 5.10. The molecule has 0 saturated carbocycles. The fraction of sp³-hybridized carbons (Fsp3) is 0.343. The summed E-state index contributed by atoms with van der Waals surface area (Å²) in [6, 6.07) is 18.2. The van der Waals surface area contributed by atoms with E-state index in [1.807, 2.05) is 19.1 Å². The third-order valence-corrected chi connectivity index (χ3v) is 7.65. The zero-order chi connectivity index (χ0) is 30.3. The zero-order valence-electron chi connectivity index (χ0n) is 24.9. The number of para-hydroxylation sites is 1. The van der Waals surface area contributed by atoms with Gasteiger partial charge in [0.2, 0.25) is 5.76 Å². The highest BCUT2D eigenvalue weighted by Crippen LogP contribution is 2.43. The number of amides is 1. The highest BCUT2D eigenvalue weighted by molar-refractivity contribution is 6.10. The number of ether oxygens (including phenoxy) is 3. The normalized spacial score (nSPS) is 14.2. The van der Waals surface area contributed by atoms with E-state index in [1.54, 1.807) is 61.7 Å². The summed E-state index contributed by atoms with van der Waals surface area (Å²) in [5, 5.41) is 0.394. The molecule has 1 unspecified atom stereocenters. The Morgan fingerprint density at radius 3 is 2.37 bits per heavy atom. The Hall–Kier alpha value is -4.59. The predicted molar refractivity (Wildman–Crippen MR) is 165 cm³/mol. The molecule has 0 saturated heterocycles. The number of esters is 1.